The van der Waals surface area contributed by atoms with Crippen molar-refractivity contribution in [1.82, 2.24) is 0 Å². The minimum atomic E-state index is -3.98. The highest BCUT2D eigenvalue weighted by Crippen LogP contribution is 2.27. The number of nitrogens with one attached hydrogen (secondary N) is 2. The molecular formula is C21H17ClF2N2O4S. The Morgan fingerprint density at radius 2 is 1.74 bits per heavy atom. The molecule has 0 saturated heterocycles. The fourth-order valence-corrected chi connectivity index (χ4v) is 4.02. The minimum absolute atomic E-state index is 0.0635. The number of halogens is 3. The van der Waals surface area contributed by atoms with Gasteiger partial charge in [-0.25, -0.2) is 8.42 Å². The van der Waals surface area contributed by atoms with E-state index >= 15 is 0 Å². The summed E-state index contributed by atoms with van der Waals surface area (Å²) < 4.78 is 57.2. The fourth-order valence-electron chi connectivity index (χ4n) is 2.74. The van der Waals surface area contributed by atoms with Gasteiger partial charge in [-0.3, -0.25) is 9.52 Å². The summed E-state index contributed by atoms with van der Waals surface area (Å²) in [5.74, 6) is -0.688. The quantitative estimate of drug-likeness (QED) is 0.494. The van der Waals surface area contributed by atoms with Gasteiger partial charge in [0.15, 0.2) is 0 Å². The molecule has 0 aromatic heterocycles. The number of hydrogen-bond donors (Lipinski definition) is 2. The van der Waals surface area contributed by atoms with E-state index in [1.165, 1.54) is 61.5 Å². The number of carbonyl (C=O) groups excluding carboxylic acids is 1. The van der Waals surface area contributed by atoms with Gasteiger partial charge in [0, 0.05) is 21.8 Å². The van der Waals surface area contributed by atoms with Gasteiger partial charge in [-0.05, 0) is 55.5 Å². The van der Waals surface area contributed by atoms with Crippen molar-refractivity contribution in [2.45, 2.75) is 18.4 Å². The van der Waals surface area contributed by atoms with Gasteiger partial charge in [-0.2, -0.15) is 8.78 Å². The molecule has 0 spiro atoms. The van der Waals surface area contributed by atoms with E-state index in [1.54, 1.807) is 12.1 Å². The summed E-state index contributed by atoms with van der Waals surface area (Å²) in [7, 11) is -3.98. The van der Waals surface area contributed by atoms with Crippen LogP contribution in [-0.2, 0) is 10.0 Å². The molecule has 0 aliphatic carbocycles. The standard InChI is InChI=1S/C21H17ClF2N2O4S/c1-13-18(9-4-10-19(13)30-21(23)24)25-20(27)14-5-2-8-17(11-14)31(28,29)26-16-7-3-6-15(22)12-16/h2-12,21,26H,1H3,(H,25,27). The van der Waals surface area contributed by atoms with E-state index < -0.39 is 22.5 Å². The van der Waals surface area contributed by atoms with Crippen LogP contribution in [0, 0.1) is 6.92 Å². The third kappa shape index (κ3) is 5.71. The van der Waals surface area contributed by atoms with Crippen molar-refractivity contribution >= 4 is 38.9 Å². The highest BCUT2D eigenvalue weighted by molar-refractivity contribution is 7.92. The monoisotopic (exact) mass is 466 g/mol. The summed E-state index contributed by atoms with van der Waals surface area (Å²) in [6.07, 6.45) is 0. The van der Waals surface area contributed by atoms with E-state index in [0.29, 0.717) is 10.6 Å². The maximum Gasteiger partial charge on any atom is 0.387 e. The second-order valence-electron chi connectivity index (χ2n) is 6.41. The maximum atomic E-state index is 12.7. The highest BCUT2D eigenvalue weighted by Gasteiger charge is 2.18. The molecule has 0 aliphatic heterocycles. The van der Waals surface area contributed by atoms with Crippen LogP contribution in [0.25, 0.3) is 0 Å². The molecule has 0 unspecified atom stereocenters. The third-order valence-corrected chi connectivity index (χ3v) is 5.85. The Hall–Kier alpha value is -3.17. The smallest absolute Gasteiger partial charge is 0.387 e. The predicted molar refractivity (Wildman–Crippen MR) is 114 cm³/mol. The number of sulfonamides is 1. The fraction of sp³-hybridized carbons (Fsp3) is 0.0952. The first-order valence-electron chi connectivity index (χ1n) is 8.90. The number of carbonyl (C=O) groups is 1. The largest absolute Gasteiger partial charge is 0.434 e. The van der Waals surface area contributed by atoms with Crippen LogP contribution in [0.15, 0.2) is 71.6 Å². The summed E-state index contributed by atoms with van der Waals surface area (Å²) in [6.45, 7) is -1.48. The molecule has 0 bridgehead atoms. The Morgan fingerprint density at radius 1 is 1.03 bits per heavy atom. The normalized spacial score (nSPS) is 11.3. The van der Waals surface area contributed by atoms with Gasteiger partial charge in [-0.15, -0.1) is 0 Å². The van der Waals surface area contributed by atoms with Crippen LogP contribution in [-0.4, -0.2) is 20.9 Å². The van der Waals surface area contributed by atoms with Crippen LogP contribution in [0.2, 0.25) is 5.02 Å². The lowest BCUT2D eigenvalue weighted by Crippen LogP contribution is -2.16. The Labute approximate surface area is 182 Å². The molecule has 0 radical (unpaired) electrons. The van der Waals surface area contributed by atoms with Crippen LogP contribution >= 0.6 is 11.6 Å². The van der Waals surface area contributed by atoms with Crippen molar-refractivity contribution < 1.29 is 26.7 Å². The Kier molecular flexibility index (Phi) is 6.77. The third-order valence-electron chi connectivity index (χ3n) is 4.23. The van der Waals surface area contributed by atoms with E-state index in [4.69, 9.17) is 11.6 Å². The van der Waals surface area contributed by atoms with Gasteiger partial charge in [0.1, 0.15) is 5.75 Å². The number of alkyl halides is 2. The predicted octanol–water partition coefficient (Wildman–Crippen LogP) is 5.30. The first-order chi connectivity index (χ1) is 14.7. The molecule has 0 atom stereocenters. The lowest BCUT2D eigenvalue weighted by Gasteiger charge is -2.13. The summed E-state index contributed by atoms with van der Waals surface area (Å²) in [5.41, 5.74) is 0.901. The van der Waals surface area contributed by atoms with Gasteiger partial charge in [-0.1, -0.05) is 29.8 Å². The zero-order valence-corrected chi connectivity index (χ0v) is 17.7. The second-order valence-corrected chi connectivity index (χ2v) is 8.52. The summed E-state index contributed by atoms with van der Waals surface area (Å²) in [5, 5.41) is 2.94. The SMILES string of the molecule is Cc1c(NC(=O)c2cccc(S(=O)(=O)Nc3cccc(Cl)c3)c2)cccc1OC(F)F. The van der Waals surface area contributed by atoms with Crippen LogP contribution in [0.3, 0.4) is 0 Å². The van der Waals surface area contributed by atoms with E-state index in [0.717, 1.165) is 0 Å². The molecule has 2 N–H and O–H groups in total. The molecule has 6 nitrogen and oxygen atoms in total. The van der Waals surface area contributed by atoms with Crippen LogP contribution in [0.1, 0.15) is 15.9 Å². The lowest BCUT2D eigenvalue weighted by atomic mass is 10.1. The van der Waals surface area contributed by atoms with E-state index in [-0.39, 0.29) is 27.6 Å². The second kappa shape index (κ2) is 9.32. The first-order valence-corrected chi connectivity index (χ1v) is 10.8. The molecule has 0 aliphatic rings. The van der Waals surface area contributed by atoms with Crippen molar-refractivity contribution in [1.29, 1.82) is 0 Å². The van der Waals surface area contributed by atoms with Crippen molar-refractivity contribution in [3.63, 3.8) is 0 Å². The molecule has 162 valence electrons. The van der Waals surface area contributed by atoms with Crippen LogP contribution in [0.5, 0.6) is 5.75 Å². The van der Waals surface area contributed by atoms with Crippen molar-refractivity contribution in [2.75, 3.05) is 10.0 Å². The van der Waals surface area contributed by atoms with Gasteiger partial charge in [0.2, 0.25) is 0 Å². The maximum absolute atomic E-state index is 12.7. The average molecular weight is 467 g/mol. The molecular weight excluding hydrogens is 450 g/mol. The zero-order chi connectivity index (χ0) is 22.6. The van der Waals surface area contributed by atoms with Gasteiger partial charge in [0.25, 0.3) is 15.9 Å². The Morgan fingerprint density at radius 3 is 2.45 bits per heavy atom. The summed E-state index contributed by atoms with van der Waals surface area (Å²) in [4.78, 5) is 12.5. The van der Waals surface area contributed by atoms with Gasteiger partial charge in [0.05, 0.1) is 10.6 Å². The number of benzene rings is 3. The van der Waals surface area contributed by atoms with Crippen molar-refractivity contribution in [3.05, 3.63) is 82.9 Å². The van der Waals surface area contributed by atoms with E-state index in [1.807, 2.05) is 0 Å². The molecule has 0 fully saturated rings. The minimum Gasteiger partial charge on any atom is -0.434 e. The number of amides is 1. The molecule has 3 aromatic rings. The molecule has 3 rings (SSSR count). The summed E-state index contributed by atoms with van der Waals surface area (Å²) >= 11 is 5.88. The summed E-state index contributed by atoms with van der Waals surface area (Å²) in [6, 6.07) is 15.9. The van der Waals surface area contributed by atoms with E-state index in [9.17, 15) is 22.0 Å². The first kappa shape index (κ1) is 22.5. The molecule has 3 aromatic carbocycles. The Balaban J connectivity index is 1.82. The molecule has 31 heavy (non-hydrogen) atoms. The van der Waals surface area contributed by atoms with E-state index in [2.05, 4.69) is 14.8 Å². The number of ether oxygens (including phenoxy) is 1. The molecule has 1 amide bonds. The number of anilines is 2. The number of hydrogen-bond acceptors (Lipinski definition) is 4. The molecule has 0 heterocycles. The average Bonchev–Trinajstić information content (AvgIpc) is 2.70. The van der Waals surface area contributed by atoms with Crippen molar-refractivity contribution in [2.24, 2.45) is 0 Å². The van der Waals surface area contributed by atoms with Crippen LogP contribution in [0.4, 0.5) is 20.2 Å². The zero-order valence-electron chi connectivity index (χ0n) is 16.1. The van der Waals surface area contributed by atoms with Crippen molar-refractivity contribution in [3.8, 4) is 5.75 Å². The molecule has 10 heteroatoms. The van der Waals surface area contributed by atoms with Gasteiger partial charge >= 0.3 is 6.61 Å². The number of rotatable bonds is 7. The van der Waals surface area contributed by atoms with Crippen LogP contribution < -0.4 is 14.8 Å². The highest BCUT2D eigenvalue weighted by atomic mass is 35.5. The van der Waals surface area contributed by atoms with Gasteiger partial charge < -0.3 is 10.1 Å². The Bertz CT molecular complexity index is 1220. The molecule has 0 saturated carbocycles. The topological polar surface area (TPSA) is 84.5 Å². The lowest BCUT2D eigenvalue weighted by molar-refractivity contribution is -0.0502.